The summed E-state index contributed by atoms with van der Waals surface area (Å²) >= 11 is 0. The minimum Gasteiger partial charge on any atom is -0.345 e. The van der Waals surface area contributed by atoms with Gasteiger partial charge in [-0.1, -0.05) is 30.3 Å². The number of benzene rings is 1. The van der Waals surface area contributed by atoms with E-state index < -0.39 is 0 Å². The molecule has 2 rings (SSSR count). The van der Waals surface area contributed by atoms with Gasteiger partial charge in [0, 0.05) is 33.1 Å². The predicted octanol–water partition coefficient (Wildman–Crippen LogP) is 1.26. The second kappa shape index (κ2) is 8.76. The average molecular weight is 326 g/mol. The van der Waals surface area contributed by atoms with Gasteiger partial charge in [0.15, 0.2) is 0 Å². The summed E-state index contributed by atoms with van der Waals surface area (Å²) in [7, 11) is 1.75. The second-order valence-corrected chi connectivity index (χ2v) is 5.56. The Morgan fingerprint density at radius 3 is 2.59 bits per heavy atom. The van der Waals surface area contributed by atoms with Crippen molar-refractivity contribution in [2.45, 2.75) is 19.4 Å². The van der Waals surface area contributed by atoms with Crippen molar-refractivity contribution in [2.24, 2.45) is 11.7 Å². The lowest BCUT2D eigenvalue weighted by atomic mass is 10.1. The van der Waals surface area contributed by atoms with Crippen LogP contribution in [-0.4, -0.2) is 48.3 Å². The van der Waals surface area contributed by atoms with Crippen molar-refractivity contribution in [3.63, 3.8) is 0 Å². The smallest absolute Gasteiger partial charge is 0.228 e. The lowest BCUT2D eigenvalue weighted by molar-refractivity contribution is -0.136. The number of carbonyl (C=O) groups is 2. The number of hydrogen-bond donors (Lipinski definition) is 1. The topological polar surface area (TPSA) is 66.6 Å². The molecule has 1 heterocycles. The minimum atomic E-state index is -0.219. The lowest BCUT2D eigenvalue weighted by Crippen LogP contribution is -2.38. The van der Waals surface area contributed by atoms with E-state index in [0.29, 0.717) is 32.6 Å². The molecule has 5 nitrogen and oxygen atoms in total. The van der Waals surface area contributed by atoms with Crippen LogP contribution in [-0.2, 0) is 16.1 Å². The molecule has 2 N–H and O–H groups in total. The molecule has 0 aromatic heterocycles. The molecule has 1 aromatic rings. The van der Waals surface area contributed by atoms with Gasteiger partial charge in [0.05, 0.1) is 5.92 Å². The van der Waals surface area contributed by atoms with Crippen LogP contribution in [0.1, 0.15) is 18.4 Å². The van der Waals surface area contributed by atoms with Crippen LogP contribution < -0.4 is 5.73 Å². The van der Waals surface area contributed by atoms with E-state index in [1.165, 1.54) is 0 Å². The quantitative estimate of drug-likeness (QED) is 0.856. The minimum absolute atomic E-state index is 0. The highest BCUT2D eigenvalue weighted by Crippen LogP contribution is 2.20. The third kappa shape index (κ3) is 4.71. The summed E-state index contributed by atoms with van der Waals surface area (Å²) < 4.78 is 0. The van der Waals surface area contributed by atoms with E-state index in [9.17, 15) is 9.59 Å². The fourth-order valence-corrected chi connectivity index (χ4v) is 2.64. The molecule has 1 unspecified atom stereocenters. The van der Waals surface area contributed by atoms with Crippen molar-refractivity contribution in [3.8, 4) is 0 Å². The van der Waals surface area contributed by atoms with E-state index in [1.807, 2.05) is 35.2 Å². The Bertz CT molecular complexity index is 495. The molecule has 22 heavy (non-hydrogen) atoms. The molecule has 1 aliphatic heterocycles. The van der Waals surface area contributed by atoms with Crippen LogP contribution in [0.2, 0.25) is 0 Å². The molecule has 1 fully saturated rings. The molecule has 1 aromatic carbocycles. The van der Waals surface area contributed by atoms with E-state index in [1.54, 1.807) is 11.9 Å². The zero-order chi connectivity index (χ0) is 15.2. The predicted molar refractivity (Wildman–Crippen MR) is 88.5 cm³/mol. The molecular weight excluding hydrogens is 302 g/mol. The Balaban J connectivity index is 0.00000242. The standard InChI is InChI=1S/C16H23N3O2.ClH/c1-18-12-14(10-15(18)20)16(21)19(9-5-8-17)11-13-6-3-2-4-7-13;/h2-4,6-7,14H,5,8-12,17H2,1H3;1H. The number of amides is 2. The van der Waals surface area contributed by atoms with Gasteiger partial charge >= 0.3 is 0 Å². The fourth-order valence-electron chi connectivity index (χ4n) is 2.64. The highest BCUT2D eigenvalue weighted by Gasteiger charge is 2.34. The maximum atomic E-state index is 12.7. The number of nitrogens with zero attached hydrogens (tertiary/aromatic N) is 2. The largest absolute Gasteiger partial charge is 0.345 e. The number of carbonyl (C=O) groups excluding carboxylic acids is 2. The Hall–Kier alpha value is -1.59. The van der Waals surface area contributed by atoms with Crippen LogP contribution in [0, 0.1) is 5.92 Å². The third-order valence-corrected chi connectivity index (χ3v) is 3.85. The van der Waals surface area contributed by atoms with Crippen LogP contribution in [0.5, 0.6) is 0 Å². The van der Waals surface area contributed by atoms with Crippen molar-refractivity contribution in [1.82, 2.24) is 9.80 Å². The van der Waals surface area contributed by atoms with Gasteiger partial charge in [-0.05, 0) is 18.5 Å². The molecule has 122 valence electrons. The summed E-state index contributed by atoms with van der Waals surface area (Å²) in [6.07, 6.45) is 1.10. The molecule has 0 spiro atoms. The van der Waals surface area contributed by atoms with E-state index in [-0.39, 0.29) is 30.1 Å². The van der Waals surface area contributed by atoms with Gasteiger partial charge in [-0.2, -0.15) is 0 Å². The molecule has 0 radical (unpaired) electrons. The summed E-state index contributed by atoms with van der Waals surface area (Å²) in [5.41, 5.74) is 6.67. The molecule has 2 amide bonds. The number of likely N-dealkylation sites (tertiary alicyclic amines) is 1. The van der Waals surface area contributed by atoms with Gasteiger partial charge in [-0.3, -0.25) is 9.59 Å². The molecule has 0 bridgehead atoms. The van der Waals surface area contributed by atoms with Gasteiger partial charge < -0.3 is 15.5 Å². The molecule has 0 saturated carbocycles. The van der Waals surface area contributed by atoms with E-state index in [2.05, 4.69) is 0 Å². The highest BCUT2D eigenvalue weighted by molar-refractivity contribution is 5.89. The van der Waals surface area contributed by atoms with E-state index >= 15 is 0 Å². The number of hydrogen-bond acceptors (Lipinski definition) is 3. The number of halogens is 1. The maximum absolute atomic E-state index is 12.7. The SMILES string of the molecule is CN1CC(C(=O)N(CCCN)Cc2ccccc2)CC1=O.Cl. The summed E-state index contributed by atoms with van der Waals surface area (Å²) in [6, 6.07) is 9.91. The fraction of sp³-hybridized carbons (Fsp3) is 0.500. The summed E-state index contributed by atoms with van der Waals surface area (Å²) in [6.45, 7) is 2.29. The van der Waals surface area contributed by atoms with Crippen LogP contribution in [0.15, 0.2) is 30.3 Å². The monoisotopic (exact) mass is 325 g/mol. The van der Waals surface area contributed by atoms with Gasteiger partial charge in [0.1, 0.15) is 0 Å². The van der Waals surface area contributed by atoms with Gasteiger partial charge in [-0.15, -0.1) is 12.4 Å². The zero-order valence-electron chi connectivity index (χ0n) is 12.9. The van der Waals surface area contributed by atoms with Crippen molar-refractivity contribution >= 4 is 24.2 Å². The van der Waals surface area contributed by atoms with Gasteiger partial charge in [0.2, 0.25) is 11.8 Å². The van der Waals surface area contributed by atoms with Crippen molar-refractivity contribution in [3.05, 3.63) is 35.9 Å². The van der Waals surface area contributed by atoms with Crippen molar-refractivity contribution in [2.75, 3.05) is 26.7 Å². The Labute approximate surface area is 137 Å². The Morgan fingerprint density at radius 2 is 2.05 bits per heavy atom. The van der Waals surface area contributed by atoms with Crippen LogP contribution in [0.3, 0.4) is 0 Å². The summed E-state index contributed by atoms with van der Waals surface area (Å²) in [5, 5.41) is 0. The lowest BCUT2D eigenvalue weighted by Gasteiger charge is -2.25. The first-order valence-electron chi connectivity index (χ1n) is 7.38. The maximum Gasteiger partial charge on any atom is 0.228 e. The van der Waals surface area contributed by atoms with Gasteiger partial charge in [0.25, 0.3) is 0 Å². The van der Waals surface area contributed by atoms with Crippen LogP contribution in [0.25, 0.3) is 0 Å². The van der Waals surface area contributed by atoms with Gasteiger partial charge in [-0.25, -0.2) is 0 Å². The molecule has 0 aliphatic carbocycles. The van der Waals surface area contributed by atoms with E-state index in [4.69, 9.17) is 5.73 Å². The number of rotatable bonds is 6. The molecule has 1 aliphatic rings. The number of nitrogens with two attached hydrogens (primary N) is 1. The second-order valence-electron chi connectivity index (χ2n) is 5.56. The first-order valence-corrected chi connectivity index (χ1v) is 7.38. The Kier molecular flexibility index (Phi) is 7.35. The van der Waals surface area contributed by atoms with Crippen molar-refractivity contribution < 1.29 is 9.59 Å². The van der Waals surface area contributed by atoms with Crippen LogP contribution in [0.4, 0.5) is 0 Å². The molecule has 1 saturated heterocycles. The first-order chi connectivity index (χ1) is 10.1. The zero-order valence-corrected chi connectivity index (χ0v) is 13.7. The van der Waals surface area contributed by atoms with E-state index in [0.717, 1.165) is 12.0 Å². The highest BCUT2D eigenvalue weighted by atomic mass is 35.5. The normalized spacial score (nSPS) is 17.3. The third-order valence-electron chi connectivity index (χ3n) is 3.85. The summed E-state index contributed by atoms with van der Waals surface area (Å²) in [4.78, 5) is 27.7. The van der Waals surface area contributed by atoms with Crippen LogP contribution >= 0.6 is 12.4 Å². The van der Waals surface area contributed by atoms with Crippen molar-refractivity contribution in [1.29, 1.82) is 0 Å². The Morgan fingerprint density at radius 1 is 1.36 bits per heavy atom. The average Bonchev–Trinajstić information content (AvgIpc) is 2.83. The first kappa shape index (κ1) is 18.5. The summed E-state index contributed by atoms with van der Waals surface area (Å²) in [5.74, 6) is -0.110. The molecular formula is C16H24ClN3O2. The molecule has 1 atom stereocenters. The molecule has 6 heteroatoms.